The molecule has 1 heterocycles. The van der Waals surface area contributed by atoms with Crippen LogP contribution in [-0.4, -0.2) is 16.0 Å². The van der Waals surface area contributed by atoms with Crippen LogP contribution in [0.3, 0.4) is 0 Å². The highest BCUT2D eigenvalue weighted by molar-refractivity contribution is 14.1. The number of benzene rings is 3. The minimum absolute atomic E-state index is 0.237. The molecule has 162 valence electrons. The molecule has 5 nitrogen and oxygen atoms in total. The number of carbonyl (C=O) groups excluding carboxylic acids is 1. The van der Waals surface area contributed by atoms with E-state index in [4.69, 9.17) is 16.6 Å². The Hall–Kier alpha value is -2.78. The quantitative estimate of drug-likeness (QED) is 0.211. The monoisotopic (exact) mass is 555 g/mol. The molecule has 0 unspecified atom stereocenters. The fraction of sp³-hybridized carbons (Fsp3) is 0.160. The Labute approximate surface area is 205 Å². The predicted molar refractivity (Wildman–Crippen MR) is 141 cm³/mol. The van der Waals surface area contributed by atoms with Gasteiger partial charge in [-0.1, -0.05) is 26.0 Å². The molecule has 4 rings (SSSR count). The van der Waals surface area contributed by atoms with Gasteiger partial charge in [0.15, 0.2) is 10.7 Å². The smallest absolute Gasteiger partial charge is 0.257 e. The van der Waals surface area contributed by atoms with Gasteiger partial charge in [0.1, 0.15) is 5.52 Å². The number of hydrogen-bond donors (Lipinski definition) is 2. The highest BCUT2D eigenvalue weighted by Crippen LogP contribution is 2.28. The predicted octanol–water partition coefficient (Wildman–Crippen LogP) is 6.74. The molecule has 0 fully saturated rings. The summed E-state index contributed by atoms with van der Waals surface area (Å²) in [6.07, 6.45) is 1.08. The molecule has 7 heteroatoms. The Balaban J connectivity index is 1.43. The third-order valence-corrected chi connectivity index (χ3v) is 6.17. The summed E-state index contributed by atoms with van der Waals surface area (Å²) in [6.45, 7) is 4.39. The second-order valence-corrected chi connectivity index (χ2v) is 9.21. The number of halogens is 1. The molecule has 0 spiro atoms. The number of carbonyl (C=O) groups is 1. The lowest BCUT2D eigenvalue weighted by Crippen LogP contribution is -2.34. The summed E-state index contributed by atoms with van der Waals surface area (Å²) in [5.41, 5.74) is 5.08. The van der Waals surface area contributed by atoms with E-state index in [9.17, 15) is 4.79 Å². The van der Waals surface area contributed by atoms with Crippen molar-refractivity contribution in [2.24, 2.45) is 0 Å². The first-order chi connectivity index (χ1) is 15.4. The molecule has 0 aliphatic rings. The Kier molecular flexibility index (Phi) is 6.86. The number of hydrogen-bond acceptors (Lipinski definition) is 4. The van der Waals surface area contributed by atoms with Crippen molar-refractivity contribution in [3.05, 3.63) is 81.4 Å². The first kappa shape index (κ1) is 22.4. The molecule has 0 radical (unpaired) electrons. The second kappa shape index (κ2) is 9.79. The molecule has 0 aliphatic heterocycles. The average molecular weight is 555 g/mol. The lowest BCUT2D eigenvalue weighted by Gasteiger charge is -2.10. The first-order valence-electron chi connectivity index (χ1n) is 10.3. The van der Waals surface area contributed by atoms with Gasteiger partial charge in [0, 0.05) is 20.4 Å². The third kappa shape index (κ3) is 5.16. The molecular weight excluding hydrogens is 533 g/mol. The van der Waals surface area contributed by atoms with Crippen LogP contribution in [0.1, 0.15) is 42.1 Å². The van der Waals surface area contributed by atoms with E-state index in [2.05, 4.69) is 64.2 Å². The van der Waals surface area contributed by atoms with Crippen LogP contribution in [-0.2, 0) is 0 Å². The molecule has 0 saturated heterocycles. The molecule has 1 atom stereocenters. The van der Waals surface area contributed by atoms with Gasteiger partial charge in [-0.25, -0.2) is 4.98 Å². The second-order valence-electron chi connectivity index (χ2n) is 7.55. The minimum atomic E-state index is -0.249. The van der Waals surface area contributed by atoms with Crippen LogP contribution in [0.4, 0.5) is 5.69 Å². The summed E-state index contributed by atoms with van der Waals surface area (Å²) in [4.78, 5) is 17.0. The van der Waals surface area contributed by atoms with Crippen molar-refractivity contribution in [1.82, 2.24) is 10.3 Å². The van der Waals surface area contributed by atoms with E-state index >= 15 is 0 Å². The normalized spacial score (nSPS) is 11.8. The van der Waals surface area contributed by atoms with Crippen molar-refractivity contribution in [3.63, 3.8) is 0 Å². The number of thiocarbonyl (C=S) groups is 1. The van der Waals surface area contributed by atoms with Gasteiger partial charge in [0.05, 0.1) is 0 Å². The molecule has 0 aliphatic carbocycles. The van der Waals surface area contributed by atoms with E-state index in [1.165, 1.54) is 5.56 Å². The third-order valence-electron chi connectivity index (χ3n) is 5.30. The highest BCUT2D eigenvalue weighted by Gasteiger charge is 2.12. The molecule has 2 N–H and O–H groups in total. The van der Waals surface area contributed by atoms with Gasteiger partial charge in [0.2, 0.25) is 5.89 Å². The van der Waals surface area contributed by atoms with Gasteiger partial charge in [0.25, 0.3) is 5.91 Å². The number of nitrogens with zero attached hydrogens (tertiary/aromatic N) is 1. The van der Waals surface area contributed by atoms with Crippen molar-refractivity contribution in [3.8, 4) is 11.5 Å². The Morgan fingerprint density at radius 1 is 1.12 bits per heavy atom. The van der Waals surface area contributed by atoms with Crippen LogP contribution in [0.2, 0.25) is 0 Å². The minimum Gasteiger partial charge on any atom is -0.436 e. The maximum Gasteiger partial charge on any atom is 0.257 e. The zero-order valence-corrected chi connectivity index (χ0v) is 20.7. The van der Waals surface area contributed by atoms with Crippen LogP contribution < -0.4 is 10.6 Å². The van der Waals surface area contributed by atoms with Crippen molar-refractivity contribution >= 4 is 62.6 Å². The molecule has 32 heavy (non-hydrogen) atoms. The fourth-order valence-corrected chi connectivity index (χ4v) is 4.03. The molecule has 0 bridgehead atoms. The fourth-order valence-electron chi connectivity index (χ4n) is 3.27. The zero-order chi connectivity index (χ0) is 22.7. The van der Waals surface area contributed by atoms with Crippen molar-refractivity contribution < 1.29 is 9.21 Å². The van der Waals surface area contributed by atoms with Crippen molar-refractivity contribution in [1.29, 1.82) is 0 Å². The largest absolute Gasteiger partial charge is 0.436 e. The van der Waals surface area contributed by atoms with Crippen LogP contribution in [0, 0.1) is 3.57 Å². The summed E-state index contributed by atoms with van der Waals surface area (Å²) in [7, 11) is 0. The number of aromatic nitrogens is 1. The van der Waals surface area contributed by atoms with Crippen molar-refractivity contribution in [2.75, 3.05) is 5.32 Å². The van der Waals surface area contributed by atoms with Crippen LogP contribution in [0.15, 0.2) is 71.1 Å². The highest BCUT2D eigenvalue weighted by atomic mass is 127. The van der Waals surface area contributed by atoms with Crippen LogP contribution >= 0.6 is 34.8 Å². The van der Waals surface area contributed by atoms with Gasteiger partial charge < -0.3 is 9.73 Å². The standard InChI is InChI=1S/C25H22IN3O2S/c1-3-15(2)17-9-12-22-21(14-17)28-24(31-22)16-7-10-20(11-8-16)27-25(32)29-23(30)18-5-4-6-19(26)13-18/h4-15H,3H2,1-2H3,(H2,27,29,30,32)/t15-/m1/s1. The van der Waals surface area contributed by atoms with E-state index in [0.717, 1.165) is 32.3 Å². The number of fused-ring (bicyclic) bond motifs is 1. The SMILES string of the molecule is CC[C@@H](C)c1ccc2oc(-c3ccc(NC(=S)NC(=O)c4cccc(I)c4)cc3)nc2c1. The zero-order valence-electron chi connectivity index (χ0n) is 17.7. The van der Waals surface area contributed by atoms with Gasteiger partial charge in [-0.05, 0) is 107 Å². The maximum absolute atomic E-state index is 12.3. The molecular formula is C25H22IN3O2S. The van der Waals surface area contributed by atoms with E-state index in [1.807, 2.05) is 42.5 Å². The maximum atomic E-state index is 12.3. The molecule has 1 aromatic heterocycles. The first-order valence-corrected chi connectivity index (χ1v) is 11.8. The summed E-state index contributed by atoms with van der Waals surface area (Å²) in [5.74, 6) is 0.808. The van der Waals surface area contributed by atoms with Gasteiger partial charge >= 0.3 is 0 Å². The van der Waals surface area contributed by atoms with Crippen LogP contribution in [0.5, 0.6) is 0 Å². The number of oxazole rings is 1. The lowest BCUT2D eigenvalue weighted by molar-refractivity contribution is 0.0977. The number of amides is 1. The topological polar surface area (TPSA) is 67.2 Å². The number of nitrogens with one attached hydrogen (secondary N) is 2. The summed E-state index contributed by atoms with van der Waals surface area (Å²) in [6, 6.07) is 21.1. The van der Waals surface area contributed by atoms with Crippen LogP contribution in [0.25, 0.3) is 22.6 Å². The lowest BCUT2D eigenvalue weighted by atomic mass is 9.98. The Bertz CT molecular complexity index is 1280. The molecule has 1 amide bonds. The van der Waals surface area contributed by atoms with Crippen molar-refractivity contribution in [2.45, 2.75) is 26.2 Å². The van der Waals surface area contributed by atoms with Gasteiger partial charge in [-0.2, -0.15) is 0 Å². The molecule has 4 aromatic rings. The summed E-state index contributed by atoms with van der Waals surface area (Å²) in [5, 5.41) is 5.97. The average Bonchev–Trinajstić information content (AvgIpc) is 3.22. The van der Waals surface area contributed by atoms with Gasteiger partial charge in [-0.3, -0.25) is 10.1 Å². The van der Waals surface area contributed by atoms with E-state index in [-0.39, 0.29) is 11.0 Å². The van der Waals surface area contributed by atoms with E-state index in [1.54, 1.807) is 12.1 Å². The van der Waals surface area contributed by atoms with Gasteiger partial charge in [-0.15, -0.1) is 0 Å². The summed E-state index contributed by atoms with van der Waals surface area (Å²) >= 11 is 7.45. The molecule has 3 aromatic carbocycles. The Morgan fingerprint density at radius 2 is 1.91 bits per heavy atom. The number of rotatable bonds is 5. The summed E-state index contributed by atoms with van der Waals surface area (Å²) < 4.78 is 6.93. The Morgan fingerprint density at radius 3 is 2.62 bits per heavy atom. The van der Waals surface area contributed by atoms with E-state index < -0.39 is 0 Å². The molecule has 0 saturated carbocycles. The van der Waals surface area contributed by atoms with E-state index in [0.29, 0.717) is 17.4 Å². The number of anilines is 1.